The molecule has 4 rings (SSSR count). The standard InChI is InChI=1S/C16H17N5O3/c1-10-18-19-14-7-6-11(8-20(10)14)17-15(22)9-21-12-4-2-3-5-13(12)24-16(21)23/h2-5,11H,6-9H2,1H3,(H,17,22)/t11-/m1/s1. The van der Waals surface area contributed by atoms with E-state index in [2.05, 4.69) is 15.5 Å². The molecule has 0 saturated carbocycles. The molecule has 8 nitrogen and oxygen atoms in total. The highest BCUT2D eigenvalue weighted by Crippen LogP contribution is 2.15. The Hall–Kier alpha value is -2.90. The number of fused-ring (bicyclic) bond motifs is 2. The summed E-state index contributed by atoms with van der Waals surface area (Å²) in [6.07, 6.45) is 1.59. The number of hydrogen-bond donors (Lipinski definition) is 1. The fourth-order valence-electron chi connectivity index (χ4n) is 3.16. The van der Waals surface area contributed by atoms with Gasteiger partial charge in [-0.1, -0.05) is 12.1 Å². The molecule has 8 heteroatoms. The number of aryl methyl sites for hydroxylation is 2. The first-order valence-electron chi connectivity index (χ1n) is 7.88. The van der Waals surface area contributed by atoms with Gasteiger partial charge in [0.1, 0.15) is 18.2 Å². The van der Waals surface area contributed by atoms with E-state index in [0.717, 1.165) is 24.5 Å². The number of carbonyl (C=O) groups is 1. The van der Waals surface area contributed by atoms with Gasteiger partial charge >= 0.3 is 5.76 Å². The van der Waals surface area contributed by atoms with Crippen LogP contribution in [0.4, 0.5) is 0 Å². The number of hydrogen-bond acceptors (Lipinski definition) is 5. The molecule has 0 unspecified atom stereocenters. The summed E-state index contributed by atoms with van der Waals surface area (Å²) in [6.45, 7) is 2.50. The number of oxazole rings is 1. The van der Waals surface area contributed by atoms with Gasteiger partial charge in [0.2, 0.25) is 5.91 Å². The van der Waals surface area contributed by atoms with Gasteiger partial charge in [-0.25, -0.2) is 4.79 Å². The number of rotatable bonds is 3. The van der Waals surface area contributed by atoms with Gasteiger partial charge in [0.05, 0.1) is 5.52 Å². The van der Waals surface area contributed by atoms with Gasteiger partial charge in [-0.05, 0) is 25.5 Å². The Morgan fingerprint density at radius 2 is 2.21 bits per heavy atom. The summed E-state index contributed by atoms with van der Waals surface area (Å²) < 4.78 is 8.52. The molecule has 1 N–H and O–H groups in total. The topological polar surface area (TPSA) is 95.0 Å². The summed E-state index contributed by atoms with van der Waals surface area (Å²) in [6, 6.07) is 7.08. The first-order valence-corrected chi connectivity index (χ1v) is 7.88. The van der Waals surface area contributed by atoms with Crippen LogP contribution >= 0.6 is 0 Å². The Balaban J connectivity index is 1.48. The molecule has 0 aliphatic carbocycles. The second-order valence-corrected chi connectivity index (χ2v) is 6.00. The molecule has 0 bridgehead atoms. The van der Waals surface area contributed by atoms with Crippen molar-refractivity contribution in [3.63, 3.8) is 0 Å². The summed E-state index contributed by atoms with van der Waals surface area (Å²) in [5.41, 5.74) is 1.11. The van der Waals surface area contributed by atoms with Crippen LogP contribution in [0.3, 0.4) is 0 Å². The lowest BCUT2D eigenvalue weighted by Gasteiger charge is -2.24. The maximum absolute atomic E-state index is 12.4. The molecule has 1 amide bonds. The van der Waals surface area contributed by atoms with Crippen LogP contribution in [0, 0.1) is 6.92 Å². The van der Waals surface area contributed by atoms with Crippen molar-refractivity contribution < 1.29 is 9.21 Å². The van der Waals surface area contributed by atoms with Crippen molar-refractivity contribution in [2.24, 2.45) is 0 Å². The van der Waals surface area contributed by atoms with Gasteiger partial charge in [-0.2, -0.15) is 0 Å². The van der Waals surface area contributed by atoms with Crippen molar-refractivity contribution in [1.82, 2.24) is 24.6 Å². The molecule has 3 aromatic rings. The van der Waals surface area contributed by atoms with Gasteiger partial charge < -0.3 is 14.3 Å². The van der Waals surface area contributed by atoms with Crippen molar-refractivity contribution >= 4 is 17.0 Å². The molecule has 0 fully saturated rings. The summed E-state index contributed by atoms with van der Waals surface area (Å²) >= 11 is 0. The molecule has 1 aromatic carbocycles. The minimum absolute atomic E-state index is 0.00793. The van der Waals surface area contributed by atoms with E-state index in [4.69, 9.17) is 4.42 Å². The predicted molar refractivity (Wildman–Crippen MR) is 85.5 cm³/mol. The molecular formula is C16H17N5O3. The van der Waals surface area contributed by atoms with Crippen molar-refractivity contribution in [3.05, 3.63) is 46.5 Å². The molecule has 124 valence electrons. The van der Waals surface area contributed by atoms with Crippen LogP contribution in [0.15, 0.2) is 33.5 Å². The van der Waals surface area contributed by atoms with Crippen LogP contribution in [0.5, 0.6) is 0 Å². The summed E-state index contributed by atoms with van der Waals surface area (Å²) in [7, 11) is 0. The second-order valence-electron chi connectivity index (χ2n) is 6.00. The van der Waals surface area contributed by atoms with Crippen molar-refractivity contribution in [2.45, 2.75) is 38.9 Å². The van der Waals surface area contributed by atoms with Crippen LogP contribution in [-0.4, -0.2) is 31.3 Å². The van der Waals surface area contributed by atoms with E-state index in [1.54, 1.807) is 18.2 Å². The van der Waals surface area contributed by atoms with E-state index in [9.17, 15) is 9.59 Å². The Bertz CT molecular complexity index is 968. The molecule has 2 aromatic heterocycles. The van der Waals surface area contributed by atoms with E-state index >= 15 is 0 Å². The zero-order chi connectivity index (χ0) is 16.7. The van der Waals surface area contributed by atoms with E-state index < -0.39 is 5.76 Å². The predicted octanol–water partition coefficient (Wildman–Crippen LogP) is 0.626. The average Bonchev–Trinajstić information content (AvgIpc) is 3.09. The molecule has 0 saturated heterocycles. The highest BCUT2D eigenvalue weighted by atomic mass is 16.4. The lowest BCUT2D eigenvalue weighted by Crippen LogP contribution is -2.43. The molecule has 24 heavy (non-hydrogen) atoms. The third kappa shape index (κ3) is 2.49. The van der Waals surface area contributed by atoms with E-state index in [0.29, 0.717) is 17.6 Å². The SMILES string of the molecule is Cc1nnc2n1C[C@H](NC(=O)Cn1c(=O)oc3ccccc31)CC2. The molecule has 3 heterocycles. The quantitative estimate of drug-likeness (QED) is 0.761. The van der Waals surface area contributed by atoms with E-state index in [1.807, 2.05) is 17.6 Å². The van der Waals surface area contributed by atoms with Gasteiger partial charge in [0.15, 0.2) is 5.58 Å². The Kier molecular flexibility index (Phi) is 3.44. The minimum atomic E-state index is -0.521. The lowest BCUT2D eigenvalue weighted by molar-refractivity contribution is -0.122. The van der Waals surface area contributed by atoms with Crippen LogP contribution in [-0.2, 0) is 24.3 Å². The molecule has 0 spiro atoms. The number of carbonyl (C=O) groups excluding carboxylic acids is 1. The number of amides is 1. The summed E-state index contributed by atoms with van der Waals surface area (Å²) in [5.74, 6) is 1.07. The summed E-state index contributed by atoms with van der Waals surface area (Å²) in [5, 5.41) is 11.2. The fourth-order valence-corrected chi connectivity index (χ4v) is 3.16. The van der Waals surface area contributed by atoms with Crippen molar-refractivity contribution in [2.75, 3.05) is 0 Å². The fraction of sp³-hybridized carbons (Fsp3) is 0.375. The van der Waals surface area contributed by atoms with E-state index in [-0.39, 0.29) is 18.5 Å². The first kappa shape index (κ1) is 14.7. The van der Waals surface area contributed by atoms with Crippen LogP contribution in [0.2, 0.25) is 0 Å². The first-order chi connectivity index (χ1) is 11.6. The number of para-hydroxylation sites is 2. The smallest absolute Gasteiger partial charge is 0.408 e. The van der Waals surface area contributed by atoms with Crippen LogP contribution in [0.25, 0.3) is 11.1 Å². The number of benzene rings is 1. The molecule has 0 radical (unpaired) electrons. The minimum Gasteiger partial charge on any atom is -0.408 e. The number of nitrogens with one attached hydrogen (secondary N) is 1. The maximum Gasteiger partial charge on any atom is 0.420 e. The lowest BCUT2D eigenvalue weighted by atomic mass is 10.1. The highest BCUT2D eigenvalue weighted by Gasteiger charge is 2.23. The molecule has 1 atom stereocenters. The molecule has 1 aliphatic rings. The largest absolute Gasteiger partial charge is 0.420 e. The monoisotopic (exact) mass is 327 g/mol. The number of nitrogens with zero attached hydrogens (tertiary/aromatic N) is 4. The van der Waals surface area contributed by atoms with Gasteiger partial charge in [-0.15, -0.1) is 10.2 Å². The maximum atomic E-state index is 12.4. The highest BCUT2D eigenvalue weighted by molar-refractivity contribution is 5.79. The normalized spacial score (nSPS) is 17.0. The van der Waals surface area contributed by atoms with E-state index in [1.165, 1.54) is 4.57 Å². The Morgan fingerprint density at radius 1 is 1.38 bits per heavy atom. The second kappa shape index (κ2) is 5.63. The molecule has 1 aliphatic heterocycles. The van der Waals surface area contributed by atoms with Crippen molar-refractivity contribution in [1.29, 1.82) is 0 Å². The zero-order valence-electron chi connectivity index (χ0n) is 13.2. The van der Waals surface area contributed by atoms with Crippen molar-refractivity contribution in [3.8, 4) is 0 Å². The third-order valence-electron chi connectivity index (χ3n) is 4.37. The van der Waals surface area contributed by atoms with Crippen LogP contribution in [0.1, 0.15) is 18.1 Å². The Morgan fingerprint density at radius 3 is 3.08 bits per heavy atom. The van der Waals surface area contributed by atoms with Crippen LogP contribution < -0.4 is 11.1 Å². The van der Waals surface area contributed by atoms with Gasteiger partial charge in [0.25, 0.3) is 0 Å². The molecular weight excluding hydrogens is 310 g/mol. The zero-order valence-corrected chi connectivity index (χ0v) is 13.2. The third-order valence-corrected chi connectivity index (χ3v) is 4.37. The van der Waals surface area contributed by atoms with Gasteiger partial charge in [0, 0.05) is 19.0 Å². The Labute approximate surface area is 137 Å². The average molecular weight is 327 g/mol. The summed E-state index contributed by atoms with van der Waals surface area (Å²) in [4.78, 5) is 24.3. The van der Waals surface area contributed by atoms with Gasteiger partial charge in [-0.3, -0.25) is 9.36 Å². The number of aromatic nitrogens is 4.